The minimum Gasteiger partial charge on any atom is -0.496 e. The van der Waals surface area contributed by atoms with Crippen molar-refractivity contribution in [2.45, 2.75) is 52.6 Å². The SMILES string of the molecule is CCC1(CC)C[C@H]1C(=O)N1CCc2c(C(=O)NCc3ccc4c(c3)OCO4)c(OC)cc(=O)n2CC1. The quantitative estimate of drug-likeness (QED) is 0.634. The number of amides is 2. The van der Waals surface area contributed by atoms with Crippen molar-refractivity contribution >= 4 is 11.8 Å². The van der Waals surface area contributed by atoms with E-state index in [9.17, 15) is 14.4 Å². The molecule has 1 aromatic carbocycles. The van der Waals surface area contributed by atoms with Gasteiger partial charge < -0.3 is 29.0 Å². The average Bonchev–Trinajstić information content (AvgIpc) is 3.53. The van der Waals surface area contributed by atoms with Crippen molar-refractivity contribution in [2.75, 3.05) is 27.0 Å². The van der Waals surface area contributed by atoms with Gasteiger partial charge in [-0.25, -0.2) is 0 Å². The maximum atomic E-state index is 13.4. The van der Waals surface area contributed by atoms with Crippen molar-refractivity contribution in [3.05, 3.63) is 51.4 Å². The fraction of sp³-hybridized carbons (Fsp3) is 0.519. The Morgan fingerprint density at radius 3 is 2.61 bits per heavy atom. The zero-order chi connectivity index (χ0) is 25.4. The largest absolute Gasteiger partial charge is 0.496 e. The second-order valence-corrected chi connectivity index (χ2v) is 9.80. The zero-order valence-electron chi connectivity index (χ0n) is 21.1. The Balaban J connectivity index is 1.35. The third-order valence-electron chi connectivity index (χ3n) is 8.14. The van der Waals surface area contributed by atoms with Gasteiger partial charge in [-0.1, -0.05) is 19.9 Å². The summed E-state index contributed by atoms with van der Waals surface area (Å²) in [5.41, 5.74) is 1.70. The summed E-state index contributed by atoms with van der Waals surface area (Å²) in [5, 5.41) is 2.95. The molecule has 1 saturated carbocycles. The van der Waals surface area contributed by atoms with Crippen LogP contribution >= 0.6 is 0 Å². The van der Waals surface area contributed by atoms with Crippen LogP contribution in [0, 0.1) is 11.3 Å². The number of carbonyl (C=O) groups excluding carboxylic acids is 2. The highest BCUT2D eigenvalue weighted by molar-refractivity contribution is 5.98. The van der Waals surface area contributed by atoms with Gasteiger partial charge in [-0.05, 0) is 42.4 Å². The van der Waals surface area contributed by atoms with E-state index >= 15 is 0 Å². The van der Waals surface area contributed by atoms with Crippen molar-refractivity contribution in [1.29, 1.82) is 0 Å². The van der Waals surface area contributed by atoms with E-state index in [0.29, 0.717) is 48.8 Å². The molecule has 1 aliphatic carbocycles. The van der Waals surface area contributed by atoms with Crippen molar-refractivity contribution in [3.8, 4) is 17.2 Å². The van der Waals surface area contributed by atoms with E-state index in [1.165, 1.54) is 13.2 Å². The molecule has 2 aromatic rings. The Hall–Kier alpha value is -3.49. The van der Waals surface area contributed by atoms with Crippen LogP contribution in [0.15, 0.2) is 29.1 Å². The average molecular weight is 496 g/mol. The van der Waals surface area contributed by atoms with Crippen LogP contribution in [0.3, 0.4) is 0 Å². The molecule has 1 fully saturated rings. The van der Waals surface area contributed by atoms with Crippen molar-refractivity contribution in [3.63, 3.8) is 0 Å². The Labute approximate surface area is 210 Å². The molecule has 0 unspecified atom stereocenters. The smallest absolute Gasteiger partial charge is 0.257 e. The molecule has 36 heavy (non-hydrogen) atoms. The van der Waals surface area contributed by atoms with Crippen LogP contribution in [-0.2, 0) is 24.3 Å². The first-order valence-electron chi connectivity index (χ1n) is 12.7. The molecule has 5 rings (SSSR count). The van der Waals surface area contributed by atoms with Gasteiger partial charge >= 0.3 is 0 Å². The first-order valence-corrected chi connectivity index (χ1v) is 12.7. The lowest BCUT2D eigenvalue weighted by Crippen LogP contribution is -2.36. The third kappa shape index (κ3) is 4.20. The van der Waals surface area contributed by atoms with E-state index in [1.54, 1.807) is 4.57 Å². The van der Waals surface area contributed by atoms with Gasteiger partial charge in [0.2, 0.25) is 12.7 Å². The number of methoxy groups -OCH3 is 1. The molecule has 2 amide bonds. The molecule has 1 aromatic heterocycles. The van der Waals surface area contributed by atoms with E-state index in [2.05, 4.69) is 19.2 Å². The fourth-order valence-electron chi connectivity index (χ4n) is 5.65. The maximum absolute atomic E-state index is 13.4. The Kier molecular flexibility index (Phi) is 6.40. The van der Waals surface area contributed by atoms with Crippen LogP contribution in [0.4, 0.5) is 0 Å². The standard InChI is InChI=1S/C27H33N3O6/c1-4-27(5-2)14-18(27)26(33)29-9-8-19-24(22(34-3)13-23(31)30(19)11-10-29)25(32)28-15-17-6-7-20-21(12-17)36-16-35-20/h6-7,12-13,18H,4-5,8-11,14-16H2,1-3H3,(H,28,32)/t18-/m0/s1. The van der Waals surface area contributed by atoms with Gasteiger partial charge in [0.1, 0.15) is 11.3 Å². The second-order valence-electron chi connectivity index (χ2n) is 9.80. The Morgan fingerprint density at radius 2 is 1.89 bits per heavy atom. The molecule has 9 nitrogen and oxygen atoms in total. The van der Waals surface area contributed by atoms with Crippen LogP contribution in [0.25, 0.3) is 0 Å². The lowest BCUT2D eigenvalue weighted by Gasteiger charge is -2.22. The van der Waals surface area contributed by atoms with Crippen LogP contribution in [0.2, 0.25) is 0 Å². The number of pyridine rings is 1. The maximum Gasteiger partial charge on any atom is 0.257 e. The first kappa shape index (κ1) is 24.2. The van der Waals surface area contributed by atoms with Crippen LogP contribution < -0.4 is 25.1 Å². The summed E-state index contributed by atoms with van der Waals surface area (Å²) in [6.45, 7) is 6.03. The molecule has 0 bridgehead atoms. The third-order valence-corrected chi connectivity index (χ3v) is 8.14. The molecule has 192 valence electrons. The number of carbonyl (C=O) groups is 2. The molecular weight excluding hydrogens is 462 g/mol. The lowest BCUT2D eigenvalue weighted by molar-refractivity contribution is -0.133. The van der Waals surface area contributed by atoms with Gasteiger partial charge in [0, 0.05) is 50.3 Å². The van der Waals surface area contributed by atoms with Gasteiger partial charge in [0.05, 0.1) is 7.11 Å². The van der Waals surface area contributed by atoms with E-state index < -0.39 is 0 Å². The van der Waals surface area contributed by atoms with E-state index in [-0.39, 0.29) is 47.8 Å². The van der Waals surface area contributed by atoms with Gasteiger partial charge in [-0.2, -0.15) is 0 Å². The Morgan fingerprint density at radius 1 is 1.11 bits per heavy atom. The predicted molar refractivity (Wildman–Crippen MR) is 132 cm³/mol. The molecule has 1 atom stereocenters. The first-order chi connectivity index (χ1) is 17.4. The van der Waals surface area contributed by atoms with Gasteiger partial charge in [0.25, 0.3) is 11.5 Å². The lowest BCUT2D eigenvalue weighted by atomic mass is 9.96. The minimum absolute atomic E-state index is 0.0597. The predicted octanol–water partition coefficient (Wildman–Crippen LogP) is 2.73. The van der Waals surface area contributed by atoms with Crippen LogP contribution in [0.5, 0.6) is 17.2 Å². The van der Waals surface area contributed by atoms with E-state index in [1.807, 2.05) is 23.1 Å². The number of nitrogens with zero attached hydrogens (tertiary/aromatic N) is 2. The molecule has 0 saturated heterocycles. The highest BCUT2D eigenvalue weighted by atomic mass is 16.7. The number of hydrogen-bond donors (Lipinski definition) is 1. The number of hydrogen-bond acceptors (Lipinski definition) is 6. The normalized spacial score (nSPS) is 19.3. The van der Waals surface area contributed by atoms with Gasteiger partial charge in [-0.15, -0.1) is 0 Å². The number of fused-ring (bicyclic) bond motifs is 2. The molecule has 0 spiro atoms. The number of aromatic nitrogens is 1. The monoisotopic (exact) mass is 495 g/mol. The van der Waals surface area contributed by atoms with Gasteiger partial charge in [-0.3, -0.25) is 14.4 Å². The topological polar surface area (TPSA) is 99.1 Å². The fourth-order valence-corrected chi connectivity index (χ4v) is 5.65. The van der Waals surface area contributed by atoms with Crippen LogP contribution in [0.1, 0.15) is 54.7 Å². The molecule has 0 radical (unpaired) electrons. The van der Waals surface area contributed by atoms with Crippen LogP contribution in [-0.4, -0.2) is 48.3 Å². The summed E-state index contributed by atoms with van der Waals surface area (Å²) < 4.78 is 17.8. The van der Waals surface area contributed by atoms with Crippen molar-refractivity contribution in [1.82, 2.24) is 14.8 Å². The molecule has 3 aliphatic rings. The van der Waals surface area contributed by atoms with E-state index in [4.69, 9.17) is 14.2 Å². The summed E-state index contributed by atoms with van der Waals surface area (Å²) in [6.07, 6.45) is 3.34. The highest BCUT2D eigenvalue weighted by Crippen LogP contribution is 2.58. The zero-order valence-corrected chi connectivity index (χ0v) is 21.1. The molecule has 1 N–H and O–H groups in total. The molecule has 9 heteroatoms. The molecular formula is C27H33N3O6. The Bertz CT molecular complexity index is 1250. The number of rotatable bonds is 7. The minimum atomic E-state index is -0.328. The summed E-state index contributed by atoms with van der Waals surface area (Å²) in [5.74, 6) is 1.47. The summed E-state index contributed by atoms with van der Waals surface area (Å²) in [7, 11) is 1.45. The number of nitrogens with one attached hydrogen (secondary N) is 1. The van der Waals surface area contributed by atoms with Crippen molar-refractivity contribution < 1.29 is 23.8 Å². The number of ether oxygens (including phenoxy) is 3. The summed E-state index contributed by atoms with van der Waals surface area (Å²) in [6, 6.07) is 6.88. The van der Waals surface area contributed by atoms with Crippen molar-refractivity contribution in [2.24, 2.45) is 11.3 Å². The molecule has 2 aliphatic heterocycles. The number of benzene rings is 1. The summed E-state index contributed by atoms with van der Waals surface area (Å²) >= 11 is 0. The highest BCUT2D eigenvalue weighted by Gasteiger charge is 2.56. The van der Waals surface area contributed by atoms with Gasteiger partial charge in [0.15, 0.2) is 11.5 Å². The second kappa shape index (κ2) is 9.52. The summed E-state index contributed by atoms with van der Waals surface area (Å²) in [4.78, 5) is 41.4. The molecule has 3 heterocycles. The van der Waals surface area contributed by atoms with E-state index in [0.717, 1.165) is 24.8 Å².